The van der Waals surface area contributed by atoms with Crippen molar-refractivity contribution in [3.63, 3.8) is 0 Å². The molecule has 0 radical (unpaired) electrons. The van der Waals surface area contributed by atoms with Crippen molar-refractivity contribution in [1.29, 1.82) is 0 Å². The van der Waals surface area contributed by atoms with Crippen LogP contribution in [0.15, 0.2) is 59.9 Å². The number of aliphatic hydroxyl groups excluding tert-OH is 1. The Morgan fingerprint density at radius 1 is 1.19 bits per heavy atom. The van der Waals surface area contributed by atoms with Crippen LogP contribution >= 0.6 is 0 Å². The van der Waals surface area contributed by atoms with Gasteiger partial charge in [-0.1, -0.05) is 42.9 Å². The van der Waals surface area contributed by atoms with Crippen LogP contribution in [0.1, 0.15) is 65.2 Å². The Kier molecular flexibility index (Phi) is 9.57. The normalized spacial score (nSPS) is 36.5. The molecule has 37 heavy (non-hydrogen) atoms. The fourth-order valence-electron chi connectivity index (χ4n) is 5.32. The first-order valence-electron chi connectivity index (χ1n) is 13.5. The number of epoxide rings is 1. The van der Waals surface area contributed by atoms with Gasteiger partial charge >= 0.3 is 5.97 Å². The van der Waals surface area contributed by atoms with E-state index < -0.39 is 24.3 Å². The minimum atomic E-state index is -0.964. The molecule has 7 nitrogen and oxygen atoms in total. The van der Waals surface area contributed by atoms with E-state index in [2.05, 4.69) is 19.6 Å². The Labute approximate surface area is 219 Å². The molecule has 4 aliphatic rings. The number of hydrogen-bond acceptors (Lipinski definition) is 7. The quantitative estimate of drug-likeness (QED) is 0.334. The lowest BCUT2D eigenvalue weighted by Crippen LogP contribution is -2.30. The van der Waals surface area contributed by atoms with Gasteiger partial charge in [-0.05, 0) is 57.1 Å². The molecule has 0 aromatic carbocycles. The van der Waals surface area contributed by atoms with Crippen LogP contribution in [0.3, 0.4) is 0 Å². The summed E-state index contributed by atoms with van der Waals surface area (Å²) in [5, 5.41) is 10.7. The molecule has 0 aliphatic carbocycles. The van der Waals surface area contributed by atoms with Gasteiger partial charge in [-0.2, -0.15) is 0 Å². The van der Waals surface area contributed by atoms with E-state index in [0.29, 0.717) is 31.8 Å². The first-order chi connectivity index (χ1) is 17.8. The zero-order valence-corrected chi connectivity index (χ0v) is 22.0. The van der Waals surface area contributed by atoms with Crippen LogP contribution in [-0.4, -0.2) is 60.1 Å². The maximum absolute atomic E-state index is 13.1. The van der Waals surface area contributed by atoms with Crippen LogP contribution in [0.5, 0.6) is 0 Å². The highest BCUT2D eigenvalue weighted by molar-refractivity contribution is 5.89. The number of esters is 1. The van der Waals surface area contributed by atoms with Crippen molar-refractivity contribution in [2.75, 3.05) is 6.61 Å². The summed E-state index contributed by atoms with van der Waals surface area (Å²) in [6, 6.07) is 0. The fraction of sp³-hybridized carbons (Fsp3) is 0.600. The Hall–Kier alpha value is -2.48. The van der Waals surface area contributed by atoms with E-state index in [1.807, 2.05) is 19.1 Å². The summed E-state index contributed by atoms with van der Waals surface area (Å²) < 4.78 is 23.1. The van der Waals surface area contributed by atoms with Crippen LogP contribution in [0.4, 0.5) is 0 Å². The maximum Gasteiger partial charge on any atom is 0.331 e. The summed E-state index contributed by atoms with van der Waals surface area (Å²) in [6.45, 7) is 8.88. The van der Waals surface area contributed by atoms with Crippen molar-refractivity contribution in [1.82, 2.24) is 0 Å². The first-order valence-corrected chi connectivity index (χ1v) is 13.5. The number of cyclic esters (lactones) is 1. The second kappa shape index (κ2) is 12.9. The molecule has 7 heteroatoms. The average molecular weight is 513 g/mol. The summed E-state index contributed by atoms with van der Waals surface area (Å²) in [5.41, 5.74) is 2.17. The van der Waals surface area contributed by atoms with Crippen LogP contribution in [0.2, 0.25) is 0 Å². The van der Waals surface area contributed by atoms with E-state index in [9.17, 15) is 14.7 Å². The number of rotatable bonds is 3. The molecule has 4 aliphatic heterocycles. The van der Waals surface area contributed by atoms with E-state index in [1.54, 1.807) is 12.2 Å². The van der Waals surface area contributed by atoms with E-state index in [4.69, 9.17) is 18.9 Å². The van der Waals surface area contributed by atoms with E-state index in [-0.39, 0.29) is 36.9 Å². The third kappa shape index (κ3) is 8.52. The largest absolute Gasteiger partial charge is 0.494 e. The van der Waals surface area contributed by atoms with Crippen LogP contribution < -0.4 is 0 Å². The highest BCUT2D eigenvalue weighted by Gasteiger charge is 2.47. The Morgan fingerprint density at radius 2 is 2.03 bits per heavy atom. The minimum absolute atomic E-state index is 0.0982. The number of ketones is 1. The molecule has 2 bridgehead atoms. The van der Waals surface area contributed by atoms with Crippen molar-refractivity contribution >= 4 is 11.8 Å². The lowest BCUT2D eigenvalue weighted by atomic mass is 9.91. The van der Waals surface area contributed by atoms with E-state index in [0.717, 1.165) is 30.6 Å². The molecule has 0 spiro atoms. The molecule has 4 rings (SSSR count). The van der Waals surface area contributed by atoms with Crippen molar-refractivity contribution < 1.29 is 33.6 Å². The van der Waals surface area contributed by atoms with Gasteiger partial charge in [-0.3, -0.25) is 4.79 Å². The van der Waals surface area contributed by atoms with Crippen molar-refractivity contribution in [3.05, 3.63) is 59.9 Å². The molecular formula is C30H40O7. The summed E-state index contributed by atoms with van der Waals surface area (Å²) >= 11 is 0. The molecule has 0 amide bonds. The standard InChI is InChI=1S/C30H40O7/c1-19-12-13-34-23(15-19)10-11-25(31)27-18-28-30(37-28)26(32)17-21(3)14-20(2)16-24-8-4-6-22(35-24)7-5-9-29(33)36-27/h4-6,9-10,12,20,22,24,26-28,30,32H,3,7-8,11,13-18H2,1-2H3/t20-,22-,24-,26-,27-,28-,30?/m0/s1. The first kappa shape index (κ1) is 27.6. The monoisotopic (exact) mass is 512 g/mol. The zero-order chi connectivity index (χ0) is 26.4. The molecule has 0 aromatic heterocycles. The SMILES string of the molecule is C=C1C[C@H](C)C[C@@H]2CC=C[C@@H](CC=CC(=O)O[C@H](C(=O)CC=C3CC(C)=CCO3)C[C@@H]3OC3[C@@H](O)C1)O2. The molecule has 7 atom stereocenters. The van der Waals surface area contributed by atoms with E-state index in [1.165, 1.54) is 11.6 Å². The number of aliphatic hydroxyl groups is 1. The molecule has 0 aromatic rings. The van der Waals surface area contributed by atoms with Crippen molar-refractivity contribution in [2.24, 2.45) is 5.92 Å². The molecular weight excluding hydrogens is 472 g/mol. The van der Waals surface area contributed by atoms with Gasteiger partial charge in [0.1, 0.15) is 12.7 Å². The van der Waals surface area contributed by atoms with Gasteiger partial charge in [0.2, 0.25) is 0 Å². The highest BCUT2D eigenvalue weighted by Crippen LogP contribution is 2.34. The number of carbonyl (C=O) groups is 2. The second-order valence-electron chi connectivity index (χ2n) is 10.8. The molecule has 0 saturated carbocycles. The Balaban J connectivity index is 1.44. The maximum atomic E-state index is 13.1. The molecule has 4 heterocycles. The number of allylic oxidation sites excluding steroid dienone is 2. The summed E-state index contributed by atoms with van der Waals surface area (Å²) in [5.74, 6) is 0.335. The molecule has 1 fully saturated rings. The van der Waals surface area contributed by atoms with Gasteiger partial charge in [-0.15, -0.1) is 0 Å². The predicted molar refractivity (Wildman–Crippen MR) is 140 cm³/mol. The Morgan fingerprint density at radius 3 is 2.84 bits per heavy atom. The number of fused-ring (bicyclic) bond motifs is 3. The smallest absolute Gasteiger partial charge is 0.331 e. The second-order valence-corrected chi connectivity index (χ2v) is 10.8. The topological polar surface area (TPSA) is 94.6 Å². The van der Waals surface area contributed by atoms with Gasteiger partial charge in [0.05, 0.1) is 30.2 Å². The highest BCUT2D eigenvalue weighted by atomic mass is 16.6. The third-order valence-corrected chi connectivity index (χ3v) is 7.29. The minimum Gasteiger partial charge on any atom is -0.494 e. The van der Waals surface area contributed by atoms with E-state index >= 15 is 0 Å². The summed E-state index contributed by atoms with van der Waals surface area (Å²) in [6.07, 6.45) is 13.2. The molecule has 1 N–H and O–H groups in total. The molecule has 1 saturated heterocycles. The van der Waals surface area contributed by atoms with Crippen molar-refractivity contribution in [3.8, 4) is 0 Å². The third-order valence-electron chi connectivity index (χ3n) is 7.29. The van der Waals surface area contributed by atoms with Gasteiger partial charge < -0.3 is 24.1 Å². The Bertz CT molecular complexity index is 974. The number of ether oxygens (including phenoxy) is 4. The predicted octanol–water partition coefficient (Wildman–Crippen LogP) is 4.66. The lowest BCUT2D eigenvalue weighted by molar-refractivity contribution is -0.150. The van der Waals surface area contributed by atoms with Gasteiger partial charge in [0.15, 0.2) is 11.9 Å². The summed E-state index contributed by atoms with van der Waals surface area (Å²) in [7, 11) is 0. The average Bonchev–Trinajstić information content (AvgIpc) is 3.61. The van der Waals surface area contributed by atoms with Gasteiger partial charge in [-0.25, -0.2) is 4.79 Å². The van der Waals surface area contributed by atoms with Crippen LogP contribution in [-0.2, 0) is 28.5 Å². The number of Topliss-reactive ketones (excluding diaryl/α,β-unsaturated/α-hetero) is 1. The zero-order valence-electron chi connectivity index (χ0n) is 22.0. The van der Waals surface area contributed by atoms with Gasteiger partial charge in [0, 0.05) is 25.3 Å². The number of carbonyl (C=O) groups excluding carboxylic acids is 2. The van der Waals surface area contributed by atoms with Crippen LogP contribution in [0, 0.1) is 5.92 Å². The number of hydrogen-bond donors (Lipinski definition) is 1. The van der Waals surface area contributed by atoms with Crippen LogP contribution in [0.25, 0.3) is 0 Å². The molecule has 202 valence electrons. The lowest BCUT2D eigenvalue weighted by Gasteiger charge is -2.28. The fourth-order valence-corrected chi connectivity index (χ4v) is 5.32. The van der Waals surface area contributed by atoms with Crippen molar-refractivity contribution in [2.45, 2.75) is 102 Å². The molecule has 1 unspecified atom stereocenters. The summed E-state index contributed by atoms with van der Waals surface area (Å²) in [4.78, 5) is 25.7. The van der Waals surface area contributed by atoms with Gasteiger partial charge in [0.25, 0.3) is 0 Å².